The van der Waals surface area contributed by atoms with Crippen LogP contribution in [0.3, 0.4) is 0 Å². The molecule has 1 aliphatic rings. The molecule has 1 heterocycles. The fraction of sp³-hybridized carbons (Fsp3) is 0.680. The molecule has 0 bridgehead atoms. The number of hydrogen-bond acceptors (Lipinski definition) is 4. The van der Waals surface area contributed by atoms with Gasteiger partial charge in [-0.15, -0.1) is 11.3 Å². The lowest BCUT2D eigenvalue weighted by Crippen LogP contribution is -2.45. The zero-order valence-electron chi connectivity index (χ0n) is 20.4. The maximum atomic E-state index is 13.5. The minimum absolute atomic E-state index is 0.00270. The van der Waals surface area contributed by atoms with E-state index in [0.717, 1.165) is 37.0 Å². The molecule has 31 heavy (non-hydrogen) atoms. The van der Waals surface area contributed by atoms with Gasteiger partial charge < -0.3 is 14.7 Å². The summed E-state index contributed by atoms with van der Waals surface area (Å²) < 4.78 is 5.29. The molecule has 1 amide bonds. The van der Waals surface area contributed by atoms with Crippen molar-refractivity contribution in [2.24, 2.45) is 17.3 Å². The van der Waals surface area contributed by atoms with E-state index in [0.29, 0.717) is 23.1 Å². The second-order valence-corrected chi connectivity index (χ2v) is 10.2. The average molecular weight is 450 g/mol. The lowest BCUT2D eigenvalue weighted by molar-refractivity contribution is -0.124. The minimum atomic E-state index is -1.03. The number of methoxy groups -OCH3 is 1. The third-order valence-corrected chi connectivity index (χ3v) is 6.21. The standard InChI is InChI=1S/C23H33NO4S.C2H6/c1-15-7-9-17(10-8-15)21(25)24(16(2)14-28-6)19-13-18(11-12-23(3,4)5)29-20(19)22(26)27;1-2/h13,15-17H,7-10,14H2,1-6H3,(H,26,27);1-2H3/t15?,16-,17?;/m1./s1. The number of aromatic carboxylic acids is 1. The molecule has 1 aromatic heterocycles. The van der Waals surface area contributed by atoms with Crippen molar-refractivity contribution in [3.63, 3.8) is 0 Å². The number of anilines is 1. The van der Waals surface area contributed by atoms with Crippen LogP contribution in [-0.4, -0.2) is 36.7 Å². The van der Waals surface area contributed by atoms with Gasteiger partial charge in [-0.05, 0) is 65.4 Å². The first-order chi connectivity index (χ1) is 14.5. The molecular weight excluding hydrogens is 410 g/mol. The van der Waals surface area contributed by atoms with Gasteiger partial charge in [-0.2, -0.15) is 0 Å². The predicted octanol–water partition coefficient (Wildman–Crippen LogP) is 6.06. The van der Waals surface area contributed by atoms with Crippen molar-refractivity contribution in [3.05, 3.63) is 15.8 Å². The van der Waals surface area contributed by atoms with Crippen molar-refractivity contribution >= 4 is 28.9 Å². The van der Waals surface area contributed by atoms with Crippen LogP contribution in [0.25, 0.3) is 0 Å². The van der Waals surface area contributed by atoms with Gasteiger partial charge in [0.25, 0.3) is 0 Å². The van der Waals surface area contributed by atoms with Crippen LogP contribution in [0.2, 0.25) is 0 Å². The minimum Gasteiger partial charge on any atom is -0.477 e. The first kappa shape index (κ1) is 27.2. The number of carbonyl (C=O) groups excluding carboxylic acids is 1. The van der Waals surface area contributed by atoms with E-state index < -0.39 is 5.97 Å². The van der Waals surface area contributed by atoms with Crippen LogP contribution in [0.1, 0.15) is 88.7 Å². The molecule has 1 aliphatic carbocycles. The van der Waals surface area contributed by atoms with Crippen molar-refractivity contribution in [1.82, 2.24) is 0 Å². The van der Waals surface area contributed by atoms with Gasteiger partial charge in [0.05, 0.1) is 23.2 Å². The Kier molecular flexibility index (Phi) is 10.8. The molecule has 1 saturated carbocycles. The lowest BCUT2D eigenvalue weighted by atomic mass is 9.82. The highest BCUT2D eigenvalue weighted by Crippen LogP contribution is 2.36. The van der Waals surface area contributed by atoms with E-state index in [1.54, 1.807) is 18.1 Å². The molecule has 1 aromatic rings. The number of carboxylic acid groups (broad SMARTS) is 1. The molecule has 1 N–H and O–H groups in total. The Morgan fingerprint density at radius 3 is 2.32 bits per heavy atom. The van der Waals surface area contributed by atoms with Crippen molar-refractivity contribution in [1.29, 1.82) is 0 Å². The van der Waals surface area contributed by atoms with Crippen LogP contribution in [0, 0.1) is 29.1 Å². The van der Waals surface area contributed by atoms with Crippen molar-refractivity contribution in [2.75, 3.05) is 18.6 Å². The molecule has 6 heteroatoms. The summed E-state index contributed by atoms with van der Waals surface area (Å²) in [5, 5.41) is 9.79. The second kappa shape index (κ2) is 12.3. The fourth-order valence-corrected chi connectivity index (χ4v) is 4.46. The fourth-order valence-electron chi connectivity index (χ4n) is 3.62. The Balaban J connectivity index is 0.00000233. The maximum absolute atomic E-state index is 13.5. The van der Waals surface area contributed by atoms with Gasteiger partial charge in [0.1, 0.15) is 4.88 Å². The summed E-state index contributed by atoms with van der Waals surface area (Å²) in [7, 11) is 1.59. The van der Waals surface area contributed by atoms with Crippen LogP contribution >= 0.6 is 11.3 Å². The van der Waals surface area contributed by atoms with E-state index in [-0.39, 0.29) is 28.2 Å². The van der Waals surface area contributed by atoms with Gasteiger partial charge in [-0.3, -0.25) is 4.79 Å². The van der Waals surface area contributed by atoms with E-state index in [4.69, 9.17) is 4.74 Å². The number of hydrogen-bond donors (Lipinski definition) is 1. The van der Waals surface area contributed by atoms with Crippen LogP contribution in [0.5, 0.6) is 0 Å². The lowest BCUT2D eigenvalue weighted by Gasteiger charge is -2.34. The van der Waals surface area contributed by atoms with Gasteiger partial charge >= 0.3 is 5.97 Å². The molecular formula is C25H39NO4S. The Morgan fingerprint density at radius 2 is 1.84 bits per heavy atom. The summed E-state index contributed by atoms with van der Waals surface area (Å²) in [6.07, 6.45) is 3.75. The van der Waals surface area contributed by atoms with Crippen LogP contribution in [0.4, 0.5) is 5.69 Å². The molecule has 0 aromatic carbocycles. The first-order valence-electron chi connectivity index (χ1n) is 11.3. The van der Waals surface area contributed by atoms with E-state index in [1.807, 2.05) is 41.5 Å². The molecule has 2 rings (SSSR count). The Hall–Kier alpha value is -1.84. The third-order valence-electron chi connectivity index (χ3n) is 5.18. The molecule has 5 nitrogen and oxygen atoms in total. The third kappa shape index (κ3) is 7.97. The monoisotopic (exact) mass is 449 g/mol. The average Bonchev–Trinajstić information content (AvgIpc) is 3.12. The molecule has 174 valence electrons. The topological polar surface area (TPSA) is 66.8 Å². The van der Waals surface area contributed by atoms with E-state index in [2.05, 4.69) is 18.8 Å². The van der Waals surface area contributed by atoms with E-state index in [1.165, 1.54) is 0 Å². The van der Waals surface area contributed by atoms with Gasteiger partial charge in [-0.1, -0.05) is 32.6 Å². The van der Waals surface area contributed by atoms with Crippen LogP contribution < -0.4 is 4.90 Å². The van der Waals surface area contributed by atoms with E-state index >= 15 is 0 Å². The quantitative estimate of drug-likeness (QED) is 0.536. The van der Waals surface area contributed by atoms with Gasteiger partial charge in [0.2, 0.25) is 5.91 Å². The first-order valence-corrected chi connectivity index (χ1v) is 12.1. The molecule has 1 fully saturated rings. The second-order valence-electron chi connectivity index (χ2n) is 9.10. The summed E-state index contributed by atoms with van der Waals surface area (Å²) in [5.74, 6) is 5.76. The number of thiophene rings is 1. The van der Waals surface area contributed by atoms with Gasteiger partial charge in [0, 0.05) is 18.4 Å². The number of nitrogens with zero attached hydrogens (tertiary/aromatic N) is 1. The Bertz CT molecular complexity index is 789. The zero-order valence-corrected chi connectivity index (χ0v) is 21.2. The highest BCUT2D eigenvalue weighted by molar-refractivity contribution is 7.15. The number of carboxylic acids is 1. The number of carbonyl (C=O) groups is 2. The summed E-state index contributed by atoms with van der Waals surface area (Å²) in [4.78, 5) is 27.9. The highest BCUT2D eigenvalue weighted by atomic mass is 32.1. The van der Waals surface area contributed by atoms with Gasteiger partial charge in [-0.25, -0.2) is 4.79 Å². The highest BCUT2D eigenvalue weighted by Gasteiger charge is 2.34. The summed E-state index contributed by atoms with van der Waals surface area (Å²) in [6, 6.07) is 1.49. The number of ether oxygens (including phenoxy) is 1. The van der Waals surface area contributed by atoms with Crippen molar-refractivity contribution in [3.8, 4) is 11.8 Å². The summed E-state index contributed by atoms with van der Waals surface area (Å²) in [5.41, 5.74) is 0.249. The van der Waals surface area contributed by atoms with Crippen LogP contribution in [-0.2, 0) is 9.53 Å². The van der Waals surface area contributed by atoms with Crippen molar-refractivity contribution < 1.29 is 19.4 Å². The number of rotatable bonds is 6. The molecule has 0 unspecified atom stereocenters. The van der Waals surface area contributed by atoms with Crippen molar-refractivity contribution in [2.45, 2.75) is 80.2 Å². The SMILES string of the molecule is CC.COC[C@@H](C)N(C(=O)C1CCC(C)CC1)c1cc(C#CC(C)(C)C)sc1C(=O)O. The normalized spacial score (nSPS) is 19.4. The Morgan fingerprint density at radius 1 is 1.26 bits per heavy atom. The largest absolute Gasteiger partial charge is 0.477 e. The maximum Gasteiger partial charge on any atom is 0.348 e. The molecule has 0 radical (unpaired) electrons. The molecule has 0 saturated heterocycles. The zero-order chi connectivity index (χ0) is 23.8. The summed E-state index contributed by atoms with van der Waals surface area (Å²) in [6.45, 7) is 14.5. The van der Waals surface area contributed by atoms with Crippen LogP contribution in [0.15, 0.2) is 6.07 Å². The van der Waals surface area contributed by atoms with Gasteiger partial charge in [0.15, 0.2) is 0 Å². The molecule has 0 aliphatic heterocycles. The Labute approximate surface area is 192 Å². The smallest absolute Gasteiger partial charge is 0.348 e. The van der Waals surface area contributed by atoms with E-state index in [9.17, 15) is 14.7 Å². The predicted molar refractivity (Wildman–Crippen MR) is 129 cm³/mol. The summed E-state index contributed by atoms with van der Waals surface area (Å²) >= 11 is 1.13. The number of amides is 1. The molecule has 0 spiro atoms. The molecule has 1 atom stereocenters.